The highest BCUT2D eigenvalue weighted by Gasteiger charge is 2.23. The van der Waals surface area contributed by atoms with Crippen LogP contribution in [-0.4, -0.2) is 19.0 Å². The average molecular weight is 245 g/mol. The van der Waals surface area contributed by atoms with Crippen molar-refractivity contribution in [2.75, 3.05) is 13.1 Å². The first-order valence-corrected chi connectivity index (χ1v) is 5.40. The maximum Gasteiger partial charge on any atom is 0.241 e. The monoisotopic (exact) mass is 244 g/mol. The fourth-order valence-corrected chi connectivity index (χ4v) is 1.86. The lowest BCUT2D eigenvalue weighted by atomic mass is 10.1. The van der Waals surface area contributed by atoms with Crippen LogP contribution in [0.1, 0.15) is 11.6 Å². The number of nitrogens with one attached hydrogen (secondary N) is 2. The Morgan fingerprint density at radius 1 is 1.20 bits per heavy atom. The summed E-state index contributed by atoms with van der Waals surface area (Å²) in [6, 6.07) is 4.89. The van der Waals surface area contributed by atoms with Crippen molar-refractivity contribution in [3.8, 4) is 0 Å². The molecule has 1 aliphatic rings. The molecule has 0 saturated carbocycles. The van der Waals surface area contributed by atoms with Gasteiger partial charge in [-0.1, -0.05) is 29.3 Å². The maximum atomic E-state index is 11.5. The Labute approximate surface area is 97.8 Å². The normalized spacial score (nSPS) is 21.2. The molecule has 0 unspecified atom stereocenters. The van der Waals surface area contributed by atoms with E-state index in [2.05, 4.69) is 10.6 Å². The van der Waals surface area contributed by atoms with E-state index in [9.17, 15) is 4.79 Å². The zero-order chi connectivity index (χ0) is 10.8. The van der Waals surface area contributed by atoms with Crippen LogP contribution in [-0.2, 0) is 4.79 Å². The molecule has 80 valence electrons. The minimum atomic E-state index is -0.325. The van der Waals surface area contributed by atoms with E-state index in [1.807, 2.05) is 0 Å². The van der Waals surface area contributed by atoms with Crippen molar-refractivity contribution in [1.82, 2.24) is 10.6 Å². The molecular formula is C10H10Cl2N2O. The summed E-state index contributed by atoms with van der Waals surface area (Å²) in [6.07, 6.45) is 0. The van der Waals surface area contributed by atoms with Crippen molar-refractivity contribution in [3.63, 3.8) is 0 Å². The fraction of sp³-hybridized carbons (Fsp3) is 0.300. The number of rotatable bonds is 1. The van der Waals surface area contributed by atoms with E-state index < -0.39 is 0 Å². The van der Waals surface area contributed by atoms with Crippen LogP contribution in [0, 0.1) is 0 Å². The largest absolute Gasteiger partial charge is 0.353 e. The van der Waals surface area contributed by atoms with Crippen molar-refractivity contribution < 1.29 is 4.79 Å². The van der Waals surface area contributed by atoms with Crippen molar-refractivity contribution in [2.45, 2.75) is 6.04 Å². The number of amides is 1. The smallest absolute Gasteiger partial charge is 0.241 e. The Morgan fingerprint density at radius 3 is 2.67 bits per heavy atom. The van der Waals surface area contributed by atoms with Crippen molar-refractivity contribution in [3.05, 3.63) is 33.8 Å². The fourth-order valence-electron chi connectivity index (χ4n) is 1.56. The van der Waals surface area contributed by atoms with E-state index in [1.165, 1.54) is 0 Å². The van der Waals surface area contributed by atoms with E-state index in [4.69, 9.17) is 23.2 Å². The van der Waals surface area contributed by atoms with Gasteiger partial charge in [0, 0.05) is 13.1 Å². The number of hydrogen-bond acceptors (Lipinski definition) is 2. The highest BCUT2D eigenvalue weighted by atomic mass is 35.5. The molecule has 3 nitrogen and oxygen atoms in total. The summed E-state index contributed by atoms with van der Waals surface area (Å²) >= 11 is 11.7. The Morgan fingerprint density at radius 2 is 2.00 bits per heavy atom. The molecule has 1 atom stereocenters. The van der Waals surface area contributed by atoms with Gasteiger partial charge in [-0.05, 0) is 17.7 Å². The number of halogens is 2. The molecule has 1 aromatic rings. The number of hydrogen-bond donors (Lipinski definition) is 2. The zero-order valence-corrected chi connectivity index (χ0v) is 9.40. The van der Waals surface area contributed by atoms with Crippen LogP contribution in [0.25, 0.3) is 0 Å². The van der Waals surface area contributed by atoms with E-state index in [1.54, 1.807) is 18.2 Å². The Kier molecular flexibility index (Phi) is 3.14. The molecule has 5 heteroatoms. The second kappa shape index (κ2) is 4.39. The standard InChI is InChI=1S/C10H10Cl2N2O/c11-7-2-1-6(5-8(7)12)9-10(15)14-4-3-13-9/h1-2,5,9,13H,3-4H2,(H,14,15)/t9-/m1/s1. The number of piperazine rings is 1. The van der Waals surface area contributed by atoms with E-state index >= 15 is 0 Å². The summed E-state index contributed by atoms with van der Waals surface area (Å²) in [6.45, 7) is 1.42. The van der Waals surface area contributed by atoms with Gasteiger partial charge in [0.2, 0.25) is 5.91 Å². The molecule has 0 radical (unpaired) electrons. The van der Waals surface area contributed by atoms with Gasteiger partial charge >= 0.3 is 0 Å². The minimum absolute atomic E-state index is 0.0281. The molecule has 0 bridgehead atoms. The van der Waals surface area contributed by atoms with Gasteiger partial charge in [-0.15, -0.1) is 0 Å². The second-order valence-corrected chi connectivity index (χ2v) is 4.17. The van der Waals surface area contributed by atoms with E-state index in [0.29, 0.717) is 16.6 Å². The Balaban J connectivity index is 2.28. The van der Waals surface area contributed by atoms with Crippen LogP contribution >= 0.6 is 23.2 Å². The first-order valence-electron chi connectivity index (χ1n) is 4.64. The van der Waals surface area contributed by atoms with Crippen LogP contribution in [0.5, 0.6) is 0 Å². The lowest BCUT2D eigenvalue weighted by molar-refractivity contribution is -0.124. The first kappa shape index (κ1) is 10.7. The molecule has 15 heavy (non-hydrogen) atoms. The molecule has 2 N–H and O–H groups in total. The number of benzene rings is 1. The van der Waals surface area contributed by atoms with Gasteiger partial charge in [0.05, 0.1) is 10.0 Å². The maximum absolute atomic E-state index is 11.5. The second-order valence-electron chi connectivity index (χ2n) is 3.35. The lowest BCUT2D eigenvalue weighted by Gasteiger charge is -2.23. The first-order chi connectivity index (χ1) is 7.18. The van der Waals surface area contributed by atoms with E-state index in [-0.39, 0.29) is 11.9 Å². The third kappa shape index (κ3) is 2.25. The summed E-state index contributed by atoms with van der Waals surface area (Å²) < 4.78 is 0. The summed E-state index contributed by atoms with van der Waals surface area (Å²) in [4.78, 5) is 11.5. The molecule has 1 amide bonds. The summed E-state index contributed by atoms with van der Waals surface area (Å²) in [5.74, 6) is -0.0281. The van der Waals surface area contributed by atoms with Crippen LogP contribution < -0.4 is 10.6 Å². The number of carbonyl (C=O) groups excluding carboxylic acids is 1. The van der Waals surface area contributed by atoms with Gasteiger partial charge in [-0.2, -0.15) is 0 Å². The predicted octanol–water partition coefficient (Wildman–Crippen LogP) is 1.75. The molecule has 1 heterocycles. The van der Waals surface area contributed by atoms with Gasteiger partial charge in [0.1, 0.15) is 6.04 Å². The van der Waals surface area contributed by atoms with Gasteiger partial charge in [-0.25, -0.2) is 0 Å². The highest BCUT2D eigenvalue weighted by Crippen LogP contribution is 2.26. The van der Waals surface area contributed by atoms with Gasteiger partial charge in [0.15, 0.2) is 0 Å². The zero-order valence-electron chi connectivity index (χ0n) is 7.89. The molecular weight excluding hydrogens is 235 g/mol. The van der Waals surface area contributed by atoms with Crippen LogP contribution in [0.3, 0.4) is 0 Å². The van der Waals surface area contributed by atoms with Crippen molar-refractivity contribution in [1.29, 1.82) is 0 Å². The molecule has 0 aliphatic carbocycles. The predicted molar refractivity (Wildman–Crippen MR) is 60.2 cm³/mol. The minimum Gasteiger partial charge on any atom is -0.353 e. The average Bonchev–Trinajstić information content (AvgIpc) is 2.23. The van der Waals surface area contributed by atoms with Gasteiger partial charge in [-0.3, -0.25) is 4.79 Å². The molecule has 1 aromatic carbocycles. The van der Waals surface area contributed by atoms with E-state index in [0.717, 1.165) is 12.1 Å². The molecule has 2 rings (SSSR count). The summed E-state index contributed by atoms with van der Waals surface area (Å²) in [7, 11) is 0. The van der Waals surface area contributed by atoms with Crippen molar-refractivity contribution >= 4 is 29.1 Å². The van der Waals surface area contributed by atoms with Crippen LogP contribution in [0.15, 0.2) is 18.2 Å². The molecule has 1 fully saturated rings. The van der Waals surface area contributed by atoms with Crippen LogP contribution in [0.2, 0.25) is 10.0 Å². The molecule has 0 spiro atoms. The Hall–Kier alpha value is -0.770. The molecule has 1 aliphatic heterocycles. The topological polar surface area (TPSA) is 41.1 Å². The third-order valence-corrected chi connectivity index (χ3v) is 3.05. The number of carbonyl (C=O) groups is 1. The Bertz CT molecular complexity index is 395. The van der Waals surface area contributed by atoms with Gasteiger partial charge in [0.25, 0.3) is 0 Å². The van der Waals surface area contributed by atoms with Gasteiger partial charge < -0.3 is 10.6 Å². The summed E-state index contributed by atoms with van der Waals surface area (Å²) in [5, 5.41) is 6.87. The SMILES string of the molecule is O=C1NCCN[C@@H]1c1ccc(Cl)c(Cl)c1. The highest BCUT2D eigenvalue weighted by molar-refractivity contribution is 6.42. The quantitative estimate of drug-likeness (QED) is 0.791. The third-order valence-electron chi connectivity index (χ3n) is 2.31. The van der Waals surface area contributed by atoms with Crippen molar-refractivity contribution in [2.24, 2.45) is 0 Å². The lowest BCUT2D eigenvalue weighted by Crippen LogP contribution is -2.47. The summed E-state index contributed by atoms with van der Waals surface area (Å²) in [5.41, 5.74) is 0.835. The van der Waals surface area contributed by atoms with Crippen LogP contribution in [0.4, 0.5) is 0 Å². The molecule has 1 saturated heterocycles. The molecule has 0 aromatic heterocycles.